The SMILES string of the molecule is O=C(NC1CCN(C(=O)c2ccco2)CC1)c1cc(Cl)c[nH]1. The van der Waals surface area contributed by atoms with Crippen molar-refractivity contribution in [3.8, 4) is 0 Å². The van der Waals surface area contributed by atoms with Gasteiger partial charge >= 0.3 is 0 Å². The Hall–Kier alpha value is -2.21. The maximum atomic E-state index is 12.1. The first-order valence-corrected chi connectivity index (χ1v) is 7.49. The third-order valence-electron chi connectivity index (χ3n) is 3.74. The summed E-state index contributed by atoms with van der Waals surface area (Å²) in [7, 11) is 0. The first kappa shape index (κ1) is 14.7. The molecule has 3 rings (SSSR count). The molecule has 2 amide bonds. The second-order valence-electron chi connectivity index (χ2n) is 5.25. The van der Waals surface area contributed by atoms with E-state index in [1.54, 1.807) is 29.3 Å². The molecule has 2 aromatic heterocycles. The number of furan rings is 1. The van der Waals surface area contributed by atoms with Gasteiger partial charge < -0.3 is 19.6 Å². The molecule has 0 spiro atoms. The molecule has 0 unspecified atom stereocenters. The third-order valence-corrected chi connectivity index (χ3v) is 3.96. The Balaban J connectivity index is 1.51. The van der Waals surface area contributed by atoms with Crippen molar-refractivity contribution < 1.29 is 14.0 Å². The van der Waals surface area contributed by atoms with Crippen LogP contribution in [0.25, 0.3) is 0 Å². The van der Waals surface area contributed by atoms with Crippen molar-refractivity contribution in [3.63, 3.8) is 0 Å². The second kappa shape index (κ2) is 6.27. The van der Waals surface area contributed by atoms with E-state index < -0.39 is 0 Å². The summed E-state index contributed by atoms with van der Waals surface area (Å²) in [5.74, 6) is 0.0668. The van der Waals surface area contributed by atoms with Crippen LogP contribution in [0.4, 0.5) is 0 Å². The minimum atomic E-state index is -0.178. The summed E-state index contributed by atoms with van der Waals surface area (Å²) >= 11 is 5.79. The summed E-state index contributed by atoms with van der Waals surface area (Å²) in [4.78, 5) is 28.7. The molecule has 0 saturated carbocycles. The number of carbonyl (C=O) groups excluding carboxylic acids is 2. The van der Waals surface area contributed by atoms with Gasteiger partial charge in [0.15, 0.2) is 5.76 Å². The maximum absolute atomic E-state index is 12.1. The maximum Gasteiger partial charge on any atom is 0.289 e. The van der Waals surface area contributed by atoms with Crippen LogP contribution in [0.15, 0.2) is 35.1 Å². The number of amides is 2. The van der Waals surface area contributed by atoms with Gasteiger partial charge in [0, 0.05) is 25.3 Å². The number of likely N-dealkylation sites (tertiary alicyclic amines) is 1. The van der Waals surface area contributed by atoms with E-state index in [0.29, 0.717) is 42.4 Å². The fraction of sp³-hybridized carbons (Fsp3) is 0.333. The lowest BCUT2D eigenvalue weighted by atomic mass is 10.0. The highest BCUT2D eigenvalue weighted by molar-refractivity contribution is 6.30. The Morgan fingerprint density at radius 3 is 2.73 bits per heavy atom. The predicted octanol–water partition coefficient (Wildman–Crippen LogP) is 2.30. The van der Waals surface area contributed by atoms with Crippen molar-refractivity contribution in [2.75, 3.05) is 13.1 Å². The lowest BCUT2D eigenvalue weighted by molar-refractivity contribution is 0.0667. The van der Waals surface area contributed by atoms with Crippen LogP contribution in [0.5, 0.6) is 0 Å². The largest absolute Gasteiger partial charge is 0.459 e. The minimum Gasteiger partial charge on any atom is -0.459 e. The number of H-pyrrole nitrogens is 1. The van der Waals surface area contributed by atoms with Gasteiger partial charge in [-0.05, 0) is 31.0 Å². The van der Waals surface area contributed by atoms with Crippen LogP contribution in [0.2, 0.25) is 5.02 Å². The third kappa shape index (κ3) is 3.17. The molecule has 6 nitrogen and oxygen atoms in total. The van der Waals surface area contributed by atoms with E-state index in [9.17, 15) is 9.59 Å². The van der Waals surface area contributed by atoms with Crippen molar-refractivity contribution in [2.24, 2.45) is 0 Å². The summed E-state index contributed by atoms with van der Waals surface area (Å²) in [5.41, 5.74) is 0.444. The highest BCUT2D eigenvalue weighted by Crippen LogP contribution is 2.15. The van der Waals surface area contributed by atoms with Gasteiger partial charge in [-0.15, -0.1) is 0 Å². The minimum absolute atomic E-state index is 0.0511. The smallest absolute Gasteiger partial charge is 0.289 e. The zero-order valence-corrected chi connectivity index (χ0v) is 12.6. The van der Waals surface area contributed by atoms with Crippen LogP contribution in [-0.4, -0.2) is 40.8 Å². The van der Waals surface area contributed by atoms with E-state index in [1.165, 1.54) is 6.26 Å². The summed E-state index contributed by atoms with van der Waals surface area (Å²) in [6, 6.07) is 4.99. The van der Waals surface area contributed by atoms with Gasteiger partial charge in [-0.25, -0.2) is 0 Å². The van der Waals surface area contributed by atoms with Crippen LogP contribution in [-0.2, 0) is 0 Å². The van der Waals surface area contributed by atoms with Gasteiger partial charge in [0.05, 0.1) is 11.3 Å². The molecule has 1 aliphatic heterocycles. The Labute approximate surface area is 132 Å². The standard InChI is InChI=1S/C15H16ClN3O3/c16-10-8-12(17-9-10)14(20)18-11-3-5-19(6-4-11)15(21)13-2-1-7-22-13/h1-2,7-9,11,17H,3-6H2,(H,18,20). The monoisotopic (exact) mass is 321 g/mol. The van der Waals surface area contributed by atoms with Gasteiger partial charge in [0.2, 0.25) is 0 Å². The number of hydrogen-bond acceptors (Lipinski definition) is 3. The van der Waals surface area contributed by atoms with Gasteiger partial charge in [0.1, 0.15) is 5.69 Å². The Bertz CT molecular complexity index is 657. The molecular weight excluding hydrogens is 306 g/mol. The number of piperidine rings is 1. The first-order chi connectivity index (χ1) is 10.6. The van der Waals surface area contributed by atoms with E-state index in [1.807, 2.05) is 0 Å². The molecule has 0 bridgehead atoms. The molecule has 2 N–H and O–H groups in total. The molecule has 1 aliphatic rings. The molecule has 22 heavy (non-hydrogen) atoms. The first-order valence-electron chi connectivity index (χ1n) is 7.11. The summed E-state index contributed by atoms with van der Waals surface area (Å²) in [5, 5.41) is 3.46. The van der Waals surface area contributed by atoms with Crippen molar-refractivity contribution in [3.05, 3.63) is 47.1 Å². The molecule has 3 heterocycles. The molecular formula is C15H16ClN3O3. The molecule has 0 aromatic carbocycles. The lowest BCUT2D eigenvalue weighted by Gasteiger charge is -2.31. The van der Waals surface area contributed by atoms with Crippen LogP contribution in [0.3, 0.4) is 0 Å². The summed E-state index contributed by atoms with van der Waals surface area (Å²) < 4.78 is 5.12. The fourth-order valence-electron chi connectivity index (χ4n) is 2.55. The van der Waals surface area contributed by atoms with Crippen molar-refractivity contribution in [1.29, 1.82) is 0 Å². The number of hydrogen-bond donors (Lipinski definition) is 2. The quantitative estimate of drug-likeness (QED) is 0.910. The topological polar surface area (TPSA) is 78.3 Å². The van der Waals surface area contributed by atoms with Crippen LogP contribution in [0.1, 0.15) is 33.9 Å². The lowest BCUT2D eigenvalue weighted by Crippen LogP contribution is -2.46. The van der Waals surface area contributed by atoms with Crippen LogP contribution < -0.4 is 5.32 Å². The van der Waals surface area contributed by atoms with Gasteiger partial charge in [-0.2, -0.15) is 0 Å². The predicted molar refractivity (Wildman–Crippen MR) is 80.9 cm³/mol. The summed E-state index contributed by atoms with van der Waals surface area (Å²) in [6.07, 6.45) is 4.49. The molecule has 1 saturated heterocycles. The number of aromatic nitrogens is 1. The van der Waals surface area contributed by atoms with E-state index in [2.05, 4.69) is 10.3 Å². The van der Waals surface area contributed by atoms with Crippen LogP contribution in [0, 0.1) is 0 Å². The molecule has 0 radical (unpaired) electrons. The molecule has 2 aromatic rings. The van der Waals surface area contributed by atoms with Crippen molar-refractivity contribution in [2.45, 2.75) is 18.9 Å². The van der Waals surface area contributed by atoms with Gasteiger partial charge in [-0.1, -0.05) is 11.6 Å². The fourth-order valence-corrected chi connectivity index (χ4v) is 2.71. The average molecular weight is 322 g/mol. The van der Waals surface area contributed by atoms with E-state index in [0.717, 1.165) is 0 Å². The number of halogens is 1. The molecule has 0 atom stereocenters. The zero-order valence-electron chi connectivity index (χ0n) is 11.8. The Morgan fingerprint density at radius 1 is 1.36 bits per heavy atom. The average Bonchev–Trinajstić information content (AvgIpc) is 3.18. The highest BCUT2D eigenvalue weighted by Gasteiger charge is 2.26. The highest BCUT2D eigenvalue weighted by atomic mass is 35.5. The number of carbonyl (C=O) groups is 2. The molecule has 7 heteroatoms. The van der Waals surface area contributed by atoms with Crippen molar-refractivity contribution in [1.82, 2.24) is 15.2 Å². The number of rotatable bonds is 3. The van der Waals surface area contributed by atoms with E-state index in [-0.39, 0.29) is 17.9 Å². The summed E-state index contributed by atoms with van der Waals surface area (Å²) in [6.45, 7) is 1.19. The van der Waals surface area contributed by atoms with E-state index >= 15 is 0 Å². The molecule has 1 fully saturated rings. The number of aromatic amines is 1. The number of nitrogens with one attached hydrogen (secondary N) is 2. The molecule has 0 aliphatic carbocycles. The Kier molecular flexibility index (Phi) is 4.20. The van der Waals surface area contributed by atoms with Crippen molar-refractivity contribution >= 4 is 23.4 Å². The second-order valence-corrected chi connectivity index (χ2v) is 5.69. The van der Waals surface area contributed by atoms with Crippen LogP contribution >= 0.6 is 11.6 Å². The zero-order chi connectivity index (χ0) is 15.5. The van der Waals surface area contributed by atoms with Gasteiger partial charge in [-0.3, -0.25) is 9.59 Å². The van der Waals surface area contributed by atoms with Gasteiger partial charge in [0.25, 0.3) is 11.8 Å². The Morgan fingerprint density at radius 2 is 2.14 bits per heavy atom. The molecule has 116 valence electrons. The normalized spacial score (nSPS) is 15.8. The van der Waals surface area contributed by atoms with E-state index in [4.69, 9.17) is 16.0 Å². The number of nitrogens with zero attached hydrogens (tertiary/aromatic N) is 1.